The molecule has 0 radical (unpaired) electrons. The summed E-state index contributed by atoms with van der Waals surface area (Å²) in [6.45, 7) is 1.79. The van der Waals surface area contributed by atoms with Crippen LogP contribution in [0.1, 0.15) is 24.5 Å². The molecule has 1 aromatic carbocycles. The van der Waals surface area contributed by atoms with Gasteiger partial charge in [0.05, 0.1) is 32.9 Å². The summed E-state index contributed by atoms with van der Waals surface area (Å²) in [5.74, 6) is 3.12. The third kappa shape index (κ3) is 3.01. The molecule has 1 saturated heterocycles. The van der Waals surface area contributed by atoms with E-state index in [0.717, 1.165) is 42.5 Å². The van der Waals surface area contributed by atoms with E-state index in [1.165, 1.54) is 5.69 Å². The molecule has 8 nitrogen and oxygen atoms in total. The van der Waals surface area contributed by atoms with Gasteiger partial charge in [-0.25, -0.2) is 0 Å². The maximum Gasteiger partial charge on any atom is 0.204 e. The maximum atomic E-state index is 5.60. The van der Waals surface area contributed by atoms with E-state index in [4.69, 9.17) is 14.2 Å². The number of benzene rings is 1. The van der Waals surface area contributed by atoms with Crippen LogP contribution in [0.4, 0.5) is 5.82 Å². The highest BCUT2D eigenvalue weighted by Crippen LogP contribution is 2.45. The van der Waals surface area contributed by atoms with E-state index in [9.17, 15) is 0 Å². The lowest BCUT2D eigenvalue weighted by Gasteiger charge is -2.32. The van der Waals surface area contributed by atoms with Gasteiger partial charge < -0.3 is 19.1 Å². The first-order chi connectivity index (χ1) is 13.3. The van der Waals surface area contributed by atoms with Crippen molar-refractivity contribution in [2.24, 2.45) is 0 Å². The lowest BCUT2D eigenvalue weighted by molar-refractivity contribution is 0.327. The number of hydrogen-bond donors (Lipinski definition) is 1. The second-order valence-electron chi connectivity index (χ2n) is 6.55. The van der Waals surface area contributed by atoms with Crippen molar-refractivity contribution >= 4 is 16.6 Å². The largest absolute Gasteiger partial charge is 0.493 e. The molecule has 1 fully saturated rings. The first-order valence-corrected chi connectivity index (χ1v) is 8.95. The van der Waals surface area contributed by atoms with Crippen molar-refractivity contribution in [2.75, 3.05) is 39.3 Å². The Morgan fingerprint density at radius 3 is 2.44 bits per heavy atom. The smallest absolute Gasteiger partial charge is 0.204 e. The Bertz CT molecular complexity index is 921. The van der Waals surface area contributed by atoms with Crippen molar-refractivity contribution in [3.8, 4) is 17.2 Å². The monoisotopic (exact) mass is 369 g/mol. The molecule has 3 heterocycles. The summed E-state index contributed by atoms with van der Waals surface area (Å²) in [6, 6.07) is 4.00. The van der Waals surface area contributed by atoms with Crippen LogP contribution in [0.15, 0.2) is 24.5 Å². The van der Waals surface area contributed by atoms with Gasteiger partial charge in [0.2, 0.25) is 5.75 Å². The Hall–Kier alpha value is -3.03. The molecule has 3 aromatic rings. The molecule has 1 aliphatic heterocycles. The number of ether oxygens (including phenoxy) is 3. The summed E-state index contributed by atoms with van der Waals surface area (Å²) < 4.78 is 16.6. The van der Waals surface area contributed by atoms with Crippen molar-refractivity contribution in [3.05, 3.63) is 30.2 Å². The van der Waals surface area contributed by atoms with Crippen molar-refractivity contribution < 1.29 is 14.2 Å². The second-order valence-corrected chi connectivity index (χ2v) is 6.55. The highest BCUT2D eigenvalue weighted by atomic mass is 16.5. The van der Waals surface area contributed by atoms with E-state index in [2.05, 4.69) is 31.4 Å². The fraction of sp³-hybridized carbons (Fsp3) is 0.421. The van der Waals surface area contributed by atoms with Crippen LogP contribution >= 0.6 is 0 Å². The molecule has 0 aliphatic carbocycles. The molecule has 2 aromatic heterocycles. The molecular formula is C19H23N5O3. The van der Waals surface area contributed by atoms with Gasteiger partial charge in [-0.05, 0) is 25.0 Å². The van der Waals surface area contributed by atoms with E-state index >= 15 is 0 Å². The molecule has 0 saturated carbocycles. The van der Waals surface area contributed by atoms with Crippen LogP contribution in [0.3, 0.4) is 0 Å². The summed E-state index contributed by atoms with van der Waals surface area (Å²) in [7, 11) is 4.84. The zero-order valence-electron chi connectivity index (χ0n) is 15.7. The van der Waals surface area contributed by atoms with Gasteiger partial charge >= 0.3 is 0 Å². The van der Waals surface area contributed by atoms with Gasteiger partial charge in [-0.3, -0.25) is 5.10 Å². The number of hydrogen-bond acceptors (Lipinski definition) is 7. The molecule has 27 heavy (non-hydrogen) atoms. The molecule has 142 valence electrons. The number of aromatic nitrogens is 4. The summed E-state index contributed by atoms with van der Waals surface area (Å²) in [5.41, 5.74) is 1.20. The molecule has 0 atom stereocenters. The zero-order chi connectivity index (χ0) is 18.8. The molecule has 0 amide bonds. The van der Waals surface area contributed by atoms with E-state index in [0.29, 0.717) is 23.2 Å². The van der Waals surface area contributed by atoms with Crippen molar-refractivity contribution in [3.63, 3.8) is 0 Å². The van der Waals surface area contributed by atoms with Crippen molar-refractivity contribution in [2.45, 2.75) is 18.8 Å². The molecule has 0 bridgehead atoms. The van der Waals surface area contributed by atoms with Gasteiger partial charge in [0, 0.05) is 36.3 Å². The minimum atomic E-state index is 0.496. The number of H-pyrrole nitrogens is 1. The number of anilines is 1. The van der Waals surface area contributed by atoms with Crippen LogP contribution in [0, 0.1) is 0 Å². The number of aromatic amines is 1. The van der Waals surface area contributed by atoms with E-state index in [-0.39, 0.29) is 0 Å². The van der Waals surface area contributed by atoms with Crippen LogP contribution in [-0.2, 0) is 0 Å². The Morgan fingerprint density at radius 1 is 1.04 bits per heavy atom. The lowest BCUT2D eigenvalue weighted by Crippen LogP contribution is -2.33. The van der Waals surface area contributed by atoms with Crippen LogP contribution < -0.4 is 19.1 Å². The average molecular weight is 369 g/mol. The molecular weight excluding hydrogens is 346 g/mol. The topological polar surface area (TPSA) is 85.4 Å². The van der Waals surface area contributed by atoms with Gasteiger partial charge in [0.15, 0.2) is 17.3 Å². The van der Waals surface area contributed by atoms with Gasteiger partial charge in [0.25, 0.3) is 0 Å². The lowest BCUT2D eigenvalue weighted by atomic mass is 9.93. The summed E-state index contributed by atoms with van der Waals surface area (Å²) in [4.78, 5) is 2.27. The molecule has 8 heteroatoms. The fourth-order valence-corrected chi connectivity index (χ4v) is 3.82. The highest BCUT2D eigenvalue weighted by molar-refractivity contribution is 5.99. The minimum absolute atomic E-state index is 0.496. The van der Waals surface area contributed by atoms with Crippen molar-refractivity contribution in [1.29, 1.82) is 0 Å². The summed E-state index contributed by atoms with van der Waals surface area (Å²) >= 11 is 0. The SMILES string of the molecule is COc1cc2c(N3CCC(c4ccn[nH]4)CC3)nncc2c(OC)c1OC. The van der Waals surface area contributed by atoms with Gasteiger partial charge in [-0.2, -0.15) is 10.2 Å². The molecule has 4 rings (SSSR count). The number of fused-ring (bicyclic) bond motifs is 1. The molecule has 0 unspecified atom stereocenters. The number of piperidine rings is 1. The zero-order valence-corrected chi connectivity index (χ0v) is 15.7. The first kappa shape index (κ1) is 17.4. The maximum absolute atomic E-state index is 5.60. The second kappa shape index (κ2) is 7.30. The molecule has 1 aliphatic rings. The Morgan fingerprint density at radius 2 is 1.81 bits per heavy atom. The number of rotatable bonds is 5. The summed E-state index contributed by atoms with van der Waals surface area (Å²) in [6.07, 6.45) is 5.58. The predicted molar refractivity (Wildman–Crippen MR) is 102 cm³/mol. The fourth-order valence-electron chi connectivity index (χ4n) is 3.82. The Kier molecular flexibility index (Phi) is 4.70. The van der Waals surface area contributed by atoms with Crippen LogP contribution in [0.25, 0.3) is 10.8 Å². The molecule has 0 spiro atoms. The minimum Gasteiger partial charge on any atom is -0.493 e. The van der Waals surface area contributed by atoms with Crippen LogP contribution in [0.5, 0.6) is 17.2 Å². The number of methoxy groups -OCH3 is 3. The summed E-state index contributed by atoms with van der Waals surface area (Å²) in [5, 5.41) is 17.6. The van der Waals surface area contributed by atoms with Crippen LogP contribution in [0.2, 0.25) is 0 Å². The van der Waals surface area contributed by atoms with Gasteiger partial charge in [-0.15, -0.1) is 5.10 Å². The van der Waals surface area contributed by atoms with Gasteiger partial charge in [-0.1, -0.05) is 0 Å². The normalized spacial score (nSPS) is 15.1. The van der Waals surface area contributed by atoms with E-state index < -0.39 is 0 Å². The Labute approximate surface area is 157 Å². The first-order valence-electron chi connectivity index (χ1n) is 8.95. The Balaban J connectivity index is 1.70. The van der Waals surface area contributed by atoms with Crippen molar-refractivity contribution in [1.82, 2.24) is 20.4 Å². The predicted octanol–water partition coefficient (Wildman–Crippen LogP) is 2.76. The average Bonchev–Trinajstić information content (AvgIpc) is 3.26. The highest BCUT2D eigenvalue weighted by Gasteiger charge is 2.26. The van der Waals surface area contributed by atoms with E-state index in [1.807, 2.05) is 12.3 Å². The molecule has 1 N–H and O–H groups in total. The number of nitrogens with zero attached hydrogens (tertiary/aromatic N) is 4. The quantitative estimate of drug-likeness (QED) is 0.740. The number of nitrogens with one attached hydrogen (secondary N) is 1. The third-order valence-electron chi connectivity index (χ3n) is 5.21. The van der Waals surface area contributed by atoms with E-state index in [1.54, 1.807) is 27.5 Å². The third-order valence-corrected chi connectivity index (χ3v) is 5.21. The standard InChI is InChI=1S/C19H23N5O3/c1-25-16-10-13-14(17(26-2)18(16)27-3)11-21-23-19(13)24-8-5-12(6-9-24)15-4-7-20-22-15/h4,7,10-12H,5-6,8-9H2,1-3H3,(H,20,22). The van der Waals surface area contributed by atoms with Gasteiger partial charge in [0.1, 0.15) is 0 Å². The van der Waals surface area contributed by atoms with Crippen LogP contribution in [-0.4, -0.2) is 54.8 Å².